The van der Waals surface area contributed by atoms with Gasteiger partial charge in [0.25, 0.3) is 0 Å². The zero-order valence-electron chi connectivity index (χ0n) is 9.38. The summed E-state index contributed by atoms with van der Waals surface area (Å²) in [5.41, 5.74) is 0.366. The van der Waals surface area contributed by atoms with Crippen LogP contribution >= 0.6 is 0 Å². The highest BCUT2D eigenvalue weighted by Crippen LogP contribution is 2.35. The monoisotopic (exact) mass is 182 g/mol. The smallest absolute Gasteiger partial charge is 0.0269 e. The third-order valence-corrected chi connectivity index (χ3v) is 3.59. The van der Waals surface area contributed by atoms with Crippen LogP contribution in [-0.2, 0) is 0 Å². The summed E-state index contributed by atoms with van der Waals surface area (Å²) in [6, 6.07) is 0.838. The first-order chi connectivity index (χ1) is 5.98. The van der Waals surface area contributed by atoms with Gasteiger partial charge in [0, 0.05) is 24.7 Å². The van der Waals surface area contributed by atoms with Crippen molar-refractivity contribution in [3.63, 3.8) is 0 Å². The molecule has 2 heterocycles. The Balaban J connectivity index is 2.09. The molecule has 2 rings (SSSR count). The van der Waals surface area contributed by atoms with Gasteiger partial charge in [-0.3, -0.25) is 4.90 Å². The van der Waals surface area contributed by atoms with Gasteiger partial charge in [0.15, 0.2) is 0 Å². The minimum atomic E-state index is 0.366. The maximum absolute atomic E-state index is 2.70. The van der Waals surface area contributed by atoms with E-state index in [1.807, 2.05) is 0 Å². The second kappa shape index (κ2) is 2.96. The molecule has 0 aliphatic carbocycles. The Morgan fingerprint density at radius 3 is 2.46 bits per heavy atom. The molecule has 0 aromatic heterocycles. The normalized spacial score (nSPS) is 36.9. The van der Waals surface area contributed by atoms with E-state index in [2.05, 4.69) is 37.6 Å². The number of hydrogen-bond acceptors (Lipinski definition) is 2. The first kappa shape index (κ1) is 9.47. The van der Waals surface area contributed by atoms with Crippen LogP contribution < -0.4 is 0 Å². The lowest BCUT2D eigenvalue weighted by atomic mass is 10.0. The van der Waals surface area contributed by atoms with E-state index in [-0.39, 0.29) is 0 Å². The third-order valence-electron chi connectivity index (χ3n) is 3.59. The fraction of sp³-hybridized carbons (Fsp3) is 1.00. The molecule has 2 aliphatic heterocycles. The van der Waals surface area contributed by atoms with Gasteiger partial charge in [-0.2, -0.15) is 0 Å². The Bertz CT molecular complexity index is 195. The molecule has 13 heavy (non-hydrogen) atoms. The highest BCUT2D eigenvalue weighted by atomic mass is 15.3. The van der Waals surface area contributed by atoms with Gasteiger partial charge in [0.2, 0.25) is 0 Å². The van der Waals surface area contributed by atoms with Crippen molar-refractivity contribution in [2.75, 3.05) is 26.7 Å². The van der Waals surface area contributed by atoms with Gasteiger partial charge >= 0.3 is 0 Å². The second-order valence-electron chi connectivity index (χ2n) is 5.70. The van der Waals surface area contributed by atoms with Gasteiger partial charge in [-0.1, -0.05) is 0 Å². The number of hydrogen-bond donors (Lipinski definition) is 0. The zero-order chi connectivity index (χ0) is 9.64. The summed E-state index contributed by atoms with van der Waals surface area (Å²) >= 11 is 0. The summed E-state index contributed by atoms with van der Waals surface area (Å²) in [5, 5.41) is 0. The first-order valence-electron chi connectivity index (χ1n) is 5.44. The van der Waals surface area contributed by atoms with Gasteiger partial charge < -0.3 is 4.90 Å². The van der Waals surface area contributed by atoms with E-state index in [4.69, 9.17) is 0 Å². The third kappa shape index (κ3) is 1.62. The second-order valence-corrected chi connectivity index (χ2v) is 5.70. The van der Waals surface area contributed by atoms with Crippen molar-refractivity contribution < 1.29 is 0 Å². The van der Waals surface area contributed by atoms with Crippen molar-refractivity contribution in [3.05, 3.63) is 0 Å². The van der Waals surface area contributed by atoms with E-state index >= 15 is 0 Å². The summed E-state index contributed by atoms with van der Waals surface area (Å²) in [6.07, 6.45) is 1.41. The van der Waals surface area contributed by atoms with Gasteiger partial charge in [-0.05, 0) is 46.7 Å². The standard InChI is InChI=1S/C11H22N2/c1-11(2,3)13-6-5-9-7-12(4)8-10(9)13/h9-10H,5-8H2,1-4H3/t9-,10+/m0/s1. The summed E-state index contributed by atoms with van der Waals surface area (Å²) in [7, 11) is 2.25. The van der Waals surface area contributed by atoms with Gasteiger partial charge in [0.05, 0.1) is 0 Å². The molecule has 76 valence electrons. The summed E-state index contributed by atoms with van der Waals surface area (Å²) in [4.78, 5) is 5.18. The van der Waals surface area contributed by atoms with Crippen LogP contribution in [-0.4, -0.2) is 48.1 Å². The lowest BCUT2D eigenvalue weighted by Gasteiger charge is -2.36. The molecule has 0 saturated carbocycles. The fourth-order valence-electron chi connectivity index (χ4n) is 3.01. The van der Waals surface area contributed by atoms with Crippen LogP contribution in [0.3, 0.4) is 0 Å². The van der Waals surface area contributed by atoms with Crippen molar-refractivity contribution in [2.24, 2.45) is 5.92 Å². The van der Waals surface area contributed by atoms with E-state index in [9.17, 15) is 0 Å². The predicted octanol–water partition coefficient (Wildman–Crippen LogP) is 1.42. The van der Waals surface area contributed by atoms with Crippen LogP contribution in [0, 0.1) is 5.92 Å². The van der Waals surface area contributed by atoms with Crippen LogP contribution in [0.1, 0.15) is 27.2 Å². The molecular weight excluding hydrogens is 160 g/mol. The van der Waals surface area contributed by atoms with Gasteiger partial charge in [-0.25, -0.2) is 0 Å². The van der Waals surface area contributed by atoms with Crippen LogP contribution in [0.2, 0.25) is 0 Å². The van der Waals surface area contributed by atoms with Crippen molar-refractivity contribution in [1.82, 2.24) is 9.80 Å². The lowest BCUT2D eigenvalue weighted by Crippen LogP contribution is -2.46. The number of nitrogens with zero attached hydrogens (tertiary/aromatic N) is 2. The van der Waals surface area contributed by atoms with Crippen LogP contribution in [0.15, 0.2) is 0 Å². The molecule has 2 atom stereocenters. The minimum Gasteiger partial charge on any atom is -0.304 e. The van der Waals surface area contributed by atoms with E-state index in [0.29, 0.717) is 5.54 Å². The van der Waals surface area contributed by atoms with E-state index < -0.39 is 0 Å². The number of likely N-dealkylation sites (N-methyl/N-ethyl adjacent to an activating group) is 1. The molecule has 0 amide bonds. The summed E-state index contributed by atoms with van der Waals surface area (Å²) in [6.45, 7) is 10.9. The van der Waals surface area contributed by atoms with Crippen LogP contribution in [0.25, 0.3) is 0 Å². The Morgan fingerprint density at radius 1 is 1.15 bits per heavy atom. The van der Waals surface area contributed by atoms with Gasteiger partial charge in [0.1, 0.15) is 0 Å². The van der Waals surface area contributed by atoms with Crippen molar-refractivity contribution in [1.29, 1.82) is 0 Å². The molecule has 2 fully saturated rings. The van der Waals surface area contributed by atoms with E-state index in [1.54, 1.807) is 0 Å². The molecule has 2 saturated heterocycles. The molecule has 0 bridgehead atoms. The topological polar surface area (TPSA) is 6.48 Å². The maximum Gasteiger partial charge on any atom is 0.0269 e. The molecule has 0 N–H and O–H groups in total. The molecule has 2 heteroatoms. The highest BCUT2D eigenvalue weighted by molar-refractivity contribution is 4.99. The average Bonchev–Trinajstić information content (AvgIpc) is 2.41. The van der Waals surface area contributed by atoms with E-state index in [1.165, 1.54) is 26.1 Å². The van der Waals surface area contributed by atoms with Crippen LogP contribution in [0.5, 0.6) is 0 Å². The Morgan fingerprint density at radius 2 is 1.85 bits per heavy atom. The molecule has 0 aromatic rings. The van der Waals surface area contributed by atoms with Crippen molar-refractivity contribution in [3.8, 4) is 0 Å². The molecule has 2 nitrogen and oxygen atoms in total. The maximum atomic E-state index is 2.70. The molecule has 0 unspecified atom stereocenters. The first-order valence-corrected chi connectivity index (χ1v) is 5.44. The summed E-state index contributed by atoms with van der Waals surface area (Å²) < 4.78 is 0. The van der Waals surface area contributed by atoms with Crippen LogP contribution in [0.4, 0.5) is 0 Å². The minimum absolute atomic E-state index is 0.366. The Kier molecular flexibility index (Phi) is 2.16. The predicted molar refractivity (Wildman–Crippen MR) is 55.9 cm³/mol. The van der Waals surface area contributed by atoms with Crippen molar-refractivity contribution in [2.45, 2.75) is 38.8 Å². The SMILES string of the molecule is CN1C[C@@H]2CCN(C(C)(C)C)[C@@H]2C1. The molecular formula is C11H22N2. The van der Waals surface area contributed by atoms with E-state index in [0.717, 1.165) is 12.0 Å². The Hall–Kier alpha value is -0.0800. The molecule has 0 aromatic carbocycles. The largest absolute Gasteiger partial charge is 0.304 e. The Labute approximate surface area is 81.9 Å². The molecule has 0 radical (unpaired) electrons. The fourth-order valence-corrected chi connectivity index (χ4v) is 3.01. The quantitative estimate of drug-likeness (QED) is 0.559. The van der Waals surface area contributed by atoms with Gasteiger partial charge in [-0.15, -0.1) is 0 Å². The highest BCUT2D eigenvalue weighted by Gasteiger charge is 2.43. The molecule has 0 spiro atoms. The zero-order valence-corrected chi connectivity index (χ0v) is 9.38. The lowest BCUT2D eigenvalue weighted by molar-refractivity contribution is 0.115. The van der Waals surface area contributed by atoms with Crippen molar-refractivity contribution >= 4 is 0 Å². The number of fused-ring (bicyclic) bond motifs is 1. The summed E-state index contributed by atoms with van der Waals surface area (Å²) in [5.74, 6) is 0.948. The number of rotatable bonds is 0. The number of likely N-dealkylation sites (tertiary alicyclic amines) is 2. The average molecular weight is 182 g/mol. The molecule has 2 aliphatic rings.